The molecular weight excluding hydrogens is 330 g/mol. The van der Waals surface area contributed by atoms with Crippen molar-refractivity contribution in [1.82, 2.24) is 14.5 Å². The van der Waals surface area contributed by atoms with Gasteiger partial charge in [0, 0.05) is 31.2 Å². The first-order chi connectivity index (χ1) is 11.4. The molecule has 1 aromatic rings. The van der Waals surface area contributed by atoms with Gasteiger partial charge >= 0.3 is 0 Å². The smallest absolute Gasteiger partial charge is 0.268 e. The lowest BCUT2D eigenvalue weighted by Crippen LogP contribution is -2.34. The zero-order chi connectivity index (χ0) is 17.5. The molecule has 0 unspecified atom stereocenters. The average molecular weight is 351 g/mol. The maximum atomic E-state index is 12.4. The van der Waals surface area contributed by atoms with Crippen molar-refractivity contribution in [2.24, 2.45) is 0 Å². The lowest BCUT2D eigenvalue weighted by atomic mass is 10.1. The minimum Gasteiger partial charge on any atom is -0.351 e. The molecule has 0 bridgehead atoms. The Morgan fingerprint density at radius 2 is 2.08 bits per heavy atom. The van der Waals surface area contributed by atoms with Crippen LogP contribution in [0.5, 0.6) is 0 Å². The first-order valence-electron chi connectivity index (χ1n) is 8.05. The highest BCUT2D eigenvalue weighted by atomic mass is 32.2. The lowest BCUT2D eigenvalue weighted by molar-refractivity contribution is 0.0874. The summed E-state index contributed by atoms with van der Waals surface area (Å²) in [7, 11) is -1.82. The maximum absolute atomic E-state index is 12.4. The fraction of sp³-hybridized carbons (Fsp3) is 0.500. The maximum Gasteiger partial charge on any atom is 0.268 e. The molecule has 0 aromatic heterocycles. The van der Waals surface area contributed by atoms with Crippen molar-refractivity contribution < 1.29 is 18.0 Å². The SMILES string of the molecule is CCN1C(=O)c2ccc(C(=O)NCCN(C)C3CC3)cc2S1(=O)=O. The molecule has 1 fully saturated rings. The molecule has 1 aliphatic heterocycles. The molecule has 1 saturated carbocycles. The van der Waals surface area contributed by atoms with E-state index in [0.29, 0.717) is 12.6 Å². The number of nitrogens with one attached hydrogen (secondary N) is 1. The zero-order valence-corrected chi connectivity index (χ0v) is 14.6. The molecule has 0 saturated heterocycles. The first kappa shape index (κ1) is 16.9. The Morgan fingerprint density at radius 3 is 2.71 bits per heavy atom. The monoisotopic (exact) mass is 351 g/mol. The molecule has 130 valence electrons. The van der Waals surface area contributed by atoms with Crippen LogP contribution in [0, 0.1) is 0 Å². The van der Waals surface area contributed by atoms with Crippen LogP contribution in [0.3, 0.4) is 0 Å². The van der Waals surface area contributed by atoms with Gasteiger partial charge in [-0.2, -0.15) is 0 Å². The molecule has 2 aliphatic rings. The molecule has 1 aromatic carbocycles. The molecular formula is C16H21N3O4S. The second kappa shape index (κ2) is 6.18. The third kappa shape index (κ3) is 2.91. The van der Waals surface area contributed by atoms with Gasteiger partial charge < -0.3 is 10.2 Å². The van der Waals surface area contributed by atoms with Gasteiger partial charge in [0.1, 0.15) is 4.90 Å². The number of hydrogen-bond acceptors (Lipinski definition) is 5. The normalized spacial score (nSPS) is 18.8. The van der Waals surface area contributed by atoms with Crippen molar-refractivity contribution in [3.63, 3.8) is 0 Å². The summed E-state index contributed by atoms with van der Waals surface area (Å²) >= 11 is 0. The molecule has 0 atom stereocenters. The number of amides is 2. The summed E-state index contributed by atoms with van der Waals surface area (Å²) in [4.78, 5) is 26.4. The van der Waals surface area contributed by atoms with Crippen molar-refractivity contribution in [3.8, 4) is 0 Å². The van der Waals surface area contributed by atoms with Crippen molar-refractivity contribution in [2.45, 2.75) is 30.7 Å². The number of sulfonamides is 1. The summed E-state index contributed by atoms with van der Waals surface area (Å²) in [6.45, 7) is 2.92. The number of fused-ring (bicyclic) bond motifs is 1. The summed E-state index contributed by atoms with van der Waals surface area (Å²) in [5, 5.41) is 2.79. The summed E-state index contributed by atoms with van der Waals surface area (Å²) in [5.41, 5.74) is 0.374. The fourth-order valence-corrected chi connectivity index (χ4v) is 4.48. The Kier molecular flexibility index (Phi) is 4.35. The highest BCUT2D eigenvalue weighted by Gasteiger charge is 2.40. The summed E-state index contributed by atoms with van der Waals surface area (Å²) < 4.78 is 25.5. The largest absolute Gasteiger partial charge is 0.351 e. The van der Waals surface area contributed by atoms with Gasteiger partial charge in [0.05, 0.1) is 5.56 Å². The Bertz CT molecular complexity index is 787. The third-order valence-corrected chi connectivity index (χ3v) is 6.37. The molecule has 3 rings (SSSR count). The van der Waals surface area contributed by atoms with Crippen LogP contribution in [0.25, 0.3) is 0 Å². The Morgan fingerprint density at radius 1 is 1.38 bits per heavy atom. The molecule has 0 spiro atoms. The van der Waals surface area contributed by atoms with Crippen molar-refractivity contribution in [1.29, 1.82) is 0 Å². The van der Waals surface area contributed by atoms with E-state index in [2.05, 4.69) is 10.2 Å². The minimum atomic E-state index is -3.84. The van der Waals surface area contributed by atoms with Crippen LogP contribution in [0.15, 0.2) is 23.1 Å². The molecule has 1 N–H and O–H groups in total. The van der Waals surface area contributed by atoms with Gasteiger partial charge in [-0.3, -0.25) is 9.59 Å². The molecule has 1 heterocycles. The second-order valence-electron chi connectivity index (χ2n) is 6.15. The van der Waals surface area contributed by atoms with E-state index in [1.807, 2.05) is 7.05 Å². The third-order valence-electron chi connectivity index (χ3n) is 4.48. The van der Waals surface area contributed by atoms with Crippen LogP contribution in [-0.4, -0.2) is 62.2 Å². The van der Waals surface area contributed by atoms with E-state index < -0.39 is 15.9 Å². The van der Waals surface area contributed by atoms with Gasteiger partial charge in [0.15, 0.2) is 0 Å². The van der Waals surface area contributed by atoms with Crippen LogP contribution >= 0.6 is 0 Å². The van der Waals surface area contributed by atoms with Gasteiger partial charge in [-0.15, -0.1) is 0 Å². The fourth-order valence-electron chi connectivity index (χ4n) is 2.88. The Hall–Kier alpha value is -1.93. The highest BCUT2D eigenvalue weighted by molar-refractivity contribution is 7.90. The van der Waals surface area contributed by atoms with Crippen LogP contribution in [-0.2, 0) is 10.0 Å². The molecule has 2 amide bonds. The van der Waals surface area contributed by atoms with E-state index in [0.717, 1.165) is 10.8 Å². The van der Waals surface area contributed by atoms with E-state index in [-0.39, 0.29) is 28.5 Å². The molecule has 24 heavy (non-hydrogen) atoms. The van der Waals surface area contributed by atoms with Crippen LogP contribution in [0.4, 0.5) is 0 Å². The number of hydrogen-bond donors (Lipinski definition) is 1. The lowest BCUT2D eigenvalue weighted by Gasteiger charge is -2.15. The van der Waals surface area contributed by atoms with Gasteiger partial charge in [-0.1, -0.05) is 0 Å². The number of benzene rings is 1. The van der Waals surface area contributed by atoms with Gasteiger partial charge in [-0.05, 0) is 45.0 Å². The van der Waals surface area contributed by atoms with E-state index in [1.165, 1.54) is 31.0 Å². The van der Waals surface area contributed by atoms with Crippen LogP contribution in [0.2, 0.25) is 0 Å². The van der Waals surface area contributed by atoms with Crippen LogP contribution < -0.4 is 5.32 Å². The zero-order valence-electron chi connectivity index (χ0n) is 13.8. The summed E-state index contributed by atoms with van der Waals surface area (Å²) in [6.07, 6.45) is 2.41. The topological polar surface area (TPSA) is 86.8 Å². The molecule has 7 nitrogen and oxygen atoms in total. The Labute approximate surface area is 141 Å². The van der Waals surface area contributed by atoms with Gasteiger partial charge in [-0.25, -0.2) is 12.7 Å². The summed E-state index contributed by atoms with van der Waals surface area (Å²) in [6, 6.07) is 4.82. The summed E-state index contributed by atoms with van der Waals surface area (Å²) in [5.74, 6) is -0.870. The van der Waals surface area contributed by atoms with Crippen molar-refractivity contribution >= 4 is 21.8 Å². The Balaban J connectivity index is 1.72. The number of nitrogens with zero attached hydrogens (tertiary/aromatic N) is 2. The molecule has 8 heteroatoms. The molecule has 0 radical (unpaired) electrons. The average Bonchev–Trinajstić information content (AvgIpc) is 3.36. The number of rotatable bonds is 6. The predicted octanol–water partition coefficient (Wildman–Crippen LogP) is 0.675. The standard InChI is InChI=1S/C16H21N3O4S/c1-3-19-16(21)13-7-4-11(10-14(13)24(19,22)23)15(20)17-8-9-18(2)12-5-6-12/h4,7,10,12H,3,5-6,8-9H2,1-2H3,(H,17,20). The number of likely N-dealkylation sites (N-methyl/N-ethyl adjacent to an activating group) is 1. The highest BCUT2D eigenvalue weighted by Crippen LogP contribution is 2.30. The van der Waals surface area contributed by atoms with E-state index in [1.54, 1.807) is 6.92 Å². The van der Waals surface area contributed by atoms with E-state index in [9.17, 15) is 18.0 Å². The number of carbonyl (C=O) groups is 2. The minimum absolute atomic E-state index is 0.0743. The molecule has 1 aliphatic carbocycles. The van der Waals surface area contributed by atoms with E-state index >= 15 is 0 Å². The van der Waals surface area contributed by atoms with Crippen molar-refractivity contribution in [2.75, 3.05) is 26.7 Å². The second-order valence-corrected chi connectivity index (χ2v) is 7.98. The van der Waals surface area contributed by atoms with Gasteiger partial charge in [0.25, 0.3) is 21.8 Å². The van der Waals surface area contributed by atoms with Crippen LogP contribution in [0.1, 0.15) is 40.5 Å². The predicted molar refractivity (Wildman–Crippen MR) is 88.3 cm³/mol. The van der Waals surface area contributed by atoms with Crippen molar-refractivity contribution in [3.05, 3.63) is 29.3 Å². The first-order valence-corrected chi connectivity index (χ1v) is 9.50. The number of carbonyl (C=O) groups excluding carboxylic acids is 2. The quantitative estimate of drug-likeness (QED) is 0.814. The van der Waals surface area contributed by atoms with Gasteiger partial charge in [0.2, 0.25) is 0 Å². The van der Waals surface area contributed by atoms with E-state index in [4.69, 9.17) is 0 Å².